The minimum Gasteiger partial charge on any atom is -0.481 e. The highest BCUT2D eigenvalue weighted by atomic mass is 16.5. The highest BCUT2D eigenvalue weighted by Crippen LogP contribution is 2.08. The van der Waals surface area contributed by atoms with E-state index in [0.717, 1.165) is 5.69 Å². The molecule has 1 aromatic heterocycles. The number of aromatic nitrogens is 3. The zero-order valence-electron chi connectivity index (χ0n) is 9.69. The van der Waals surface area contributed by atoms with Crippen LogP contribution in [0.25, 0.3) is 5.69 Å². The number of carboxylic acids is 1. The van der Waals surface area contributed by atoms with Crippen molar-refractivity contribution in [1.82, 2.24) is 14.8 Å². The number of rotatable bonds is 6. The lowest BCUT2D eigenvalue weighted by Crippen LogP contribution is -2.03. The molecule has 1 heterocycles. The van der Waals surface area contributed by atoms with Gasteiger partial charge in [-0.2, -0.15) is 4.98 Å². The highest BCUT2D eigenvalue weighted by molar-refractivity contribution is 5.66. The van der Waals surface area contributed by atoms with Crippen LogP contribution in [0.3, 0.4) is 0 Å². The summed E-state index contributed by atoms with van der Waals surface area (Å²) in [6.45, 7) is 0.297. The van der Waals surface area contributed by atoms with E-state index in [2.05, 4.69) is 10.1 Å². The van der Waals surface area contributed by atoms with Gasteiger partial charge in [0.15, 0.2) is 0 Å². The zero-order valence-corrected chi connectivity index (χ0v) is 9.69. The molecule has 0 atom stereocenters. The van der Waals surface area contributed by atoms with Gasteiger partial charge < -0.3 is 9.84 Å². The molecular formula is C12H13N3O3. The maximum absolute atomic E-state index is 10.3. The fourth-order valence-electron chi connectivity index (χ4n) is 1.41. The lowest BCUT2D eigenvalue weighted by Gasteiger charge is -2.00. The molecule has 0 aliphatic heterocycles. The van der Waals surface area contributed by atoms with Crippen LogP contribution in [0.2, 0.25) is 0 Å². The predicted molar refractivity (Wildman–Crippen MR) is 63.7 cm³/mol. The summed E-state index contributed by atoms with van der Waals surface area (Å²) < 4.78 is 6.86. The van der Waals surface area contributed by atoms with Crippen molar-refractivity contribution in [2.45, 2.75) is 12.8 Å². The van der Waals surface area contributed by atoms with Crippen molar-refractivity contribution in [2.24, 2.45) is 0 Å². The second kappa shape index (κ2) is 5.81. The van der Waals surface area contributed by atoms with E-state index in [-0.39, 0.29) is 12.4 Å². The Balaban J connectivity index is 1.89. The van der Waals surface area contributed by atoms with E-state index in [1.807, 2.05) is 30.3 Å². The van der Waals surface area contributed by atoms with Gasteiger partial charge >= 0.3 is 12.0 Å². The molecule has 1 aromatic carbocycles. The monoisotopic (exact) mass is 247 g/mol. The molecule has 0 fully saturated rings. The van der Waals surface area contributed by atoms with Gasteiger partial charge in [-0.1, -0.05) is 18.2 Å². The Bertz CT molecular complexity index is 510. The Morgan fingerprint density at radius 1 is 1.33 bits per heavy atom. The average molecular weight is 247 g/mol. The molecule has 0 radical (unpaired) electrons. The SMILES string of the molecule is O=C(O)CCCOc1ncn(-c2ccccc2)n1. The smallest absolute Gasteiger partial charge is 0.335 e. The number of aliphatic carboxylic acids is 1. The quantitative estimate of drug-likeness (QED) is 0.783. The fraction of sp³-hybridized carbons (Fsp3) is 0.250. The molecule has 0 saturated heterocycles. The highest BCUT2D eigenvalue weighted by Gasteiger charge is 2.04. The molecule has 0 unspecified atom stereocenters. The van der Waals surface area contributed by atoms with E-state index in [1.54, 1.807) is 11.0 Å². The number of carboxylic acid groups (broad SMARTS) is 1. The number of benzene rings is 1. The van der Waals surface area contributed by atoms with Gasteiger partial charge in [0.2, 0.25) is 0 Å². The molecule has 6 heteroatoms. The Labute approximate surface area is 104 Å². The standard InChI is InChI=1S/C12H13N3O3/c16-11(17)7-4-8-18-12-13-9-15(14-12)10-5-2-1-3-6-10/h1-3,5-6,9H,4,7-8H2,(H,16,17). The minimum absolute atomic E-state index is 0.0827. The van der Waals surface area contributed by atoms with Crippen molar-refractivity contribution >= 4 is 5.97 Å². The fourth-order valence-corrected chi connectivity index (χ4v) is 1.41. The molecule has 0 bridgehead atoms. The summed E-state index contributed by atoms with van der Waals surface area (Å²) in [6.07, 6.45) is 2.08. The molecule has 1 N–H and O–H groups in total. The first-order chi connectivity index (χ1) is 8.75. The van der Waals surface area contributed by atoms with Crippen molar-refractivity contribution < 1.29 is 14.6 Å². The summed E-state index contributed by atoms with van der Waals surface area (Å²) in [4.78, 5) is 14.3. The first kappa shape index (κ1) is 12.1. The Kier molecular flexibility index (Phi) is 3.90. The van der Waals surface area contributed by atoms with E-state index >= 15 is 0 Å². The molecule has 6 nitrogen and oxygen atoms in total. The van der Waals surface area contributed by atoms with Gasteiger partial charge in [0, 0.05) is 6.42 Å². The molecule has 18 heavy (non-hydrogen) atoms. The molecule has 2 aromatic rings. The minimum atomic E-state index is -0.832. The van der Waals surface area contributed by atoms with Gasteiger partial charge in [-0.05, 0) is 18.6 Å². The number of para-hydroxylation sites is 1. The maximum atomic E-state index is 10.3. The maximum Gasteiger partial charge on any atom is 0.335 e. The van der Waals surface area contributed by atoms with Crippen molar-refractivity contribution in [2.75, 3.05) is 6.61 Å². The van der Waals surface area contributed by atoms with E-state index in [4.69, 9.17) is 9.84 Å². The van der Waals surface area contributed by atoms with E-state index in [1.165, 1.54) is 0 Å². The summed E-state index contributed by atoms with van der Waals surface area (Å²) in [6, 6.07) is 9.80. The number of nitrogens with zero attached hydrogens (tertiary/aromatic N) is 3. The first-order valence-corrected chi connectivity index (χ1v) is 5.57. The summed E-state index contributed by atoms with van der Waals surface area (Å²) in [5.74, 6) is -0.832. The Morgan fingerprint density at radius 2 is 2.11 bits per heavy atom. The zero-order chi connectivity index (χ0) is 12.8. The third-order valence-corrected chi connectivity index (χ3v) is 2.26. The first-order valence-electron chi connectivity index (χ1n) is 5.57. The van der Waals surface area contributed by atoms with Gasteiger partial charge in [-0.15, -0.1) is 5.10 Å². The average Bonchev–Trinajstić information content (AvgIpc) is 2.84. The normalized spacial score (nSPS) is 10.2. The van der Waals surface area contributed by atoms with Crippen LogP contribution in [-0.4, -0.2) is 32.4 Å². The molecular weight excluding hydrogens is 234 g/mol. The second-order valence-corrected chi connectivity index (χ2v) is 3.65. The van der Waals surface area contributed by atoms with E-state index in [9.17, 15) is 4.79 Å². The van der Waals surface area contributed by atoms with Crippen LogP contribution in [0, 0.1) is 0 Å². The summed E-state index contributed by atoms with van der Waals surface area (Å²) in [5.41, 5.74) is 0.894. The molecule has 0 amide bonds. The lowest BCUT2D eigenvalue weighted by molar-refractivity contribution is -0.137. The summed E-state index contributed by atoms with van der Waals surface area (Å²) >= 11 is 0. The predicted octanol–water partition coefficient (Wildman–Crippen LogP) is 1.51. The number of hydrogen-bond donors (Lipinski definition) is 1. The largest absolute Gasteiger partial charge is 0.481 e. The Morgan fingerprint density at radius 3 is 2.83 bits per heavy atom. The number of ether oxygens (including phenoxy) is 1. The molecule has 0 aliphatic carbocycles. The lowest BCUT2D eigenvalue weighted by atomic mass is 10.3. The van der Waals surface area contributed by atoms with Crippen LogP contribution in [-0.2, 0) is 4.79 Å². The molecule has 2 rings (SSSR count). The summed E-state index contributed by atoms with van der Waals surface area (Å²) in [7, 11) is 0. The van der Waals surface area contributed by atoms with Crippen molar-refractivity contribution in [1.29, 1.82) is 0 Å². The Hall–Kier alpha value is -2.37. The van der Waals surface area contributed by atoms with Crippen LogP contribution < -0.4 is 4.74 Å². The van der Waals surface area contributed by atoms with Crippen LogP contribution in [0.1, 0.15) is 12.8 Å². The third-order valence-electron chi connectivity index (χ3n) is 2.26. The van der Waals surface area contributed by atoms with Crippen LogP contribution in [0.15, 0.2) is 36.7 Å². The van der Waals surface area contributed by atoms with Gasteiger partial charge in [0.1, 0.15) is 6.33 Å². The van der Waals surface area contributed by atoms with Gasteiger partial charge in [-0.3, -0.25) is 4.79 Å². The van der Waals surface area contributed by atoms with E-state index in [0.29, 0.717) is 13.0 Å². The van der Waals surface area contributed by atoms with Crippen LogP contribution in [0.4, 0.5) is 0 Å². The van der Waals surface area contributed by atoms with Crippen LogP contribution in [0.5, 0.6) is 6.01 Å². The van der Waals surface area contributed by atoms with Gasteiger partial charge in [0.05, 0.1) is 12.3 Å². The second-order valence-electron chi connectivity index (χ2n) is 3.65. The van der Waals surface area contributed by atoms with Crippen molar-refractivity contribution in [3.05, 3.63) is 36.7 Å². The number of hydrogen-bond acceptors (Lipinski definition) is 4. The third kappa shape index (κ3) is 3.31. The van der Waals surface area contributed by atoms with Gasteiger partial charge in [-0.25, -0.2) is 4.68 Å². The molecule has 0 saturated carbocycles. The summed E-state index contributed by atoms with van der Waals surface area (Å²) in [5, 5.41) is 12.6. The molecule has 0 spiro atoms. The van der Waals surface area contributed by atoms with Crippen molar-refractivity contribution in [3.63, 3.8) is 0 Å². The van der Waals surface area contributed by atoms with Crippen molar-refractivity contribution in [3.8, 4) is 11.7 Å². The van der Waals surface area contributed by atoms with E-state index < -0.39 is 5.97 Å². The molecule has 0 aliphatic rings. The molecule has 94 valence electrons. The number of carbonyl (C=O) groups is 1. The van der Waals surface area contributed by atoms with Gasteiger partial charge in [0.25, 0.3) is 0 Å². The van der Waals surface area contributed by atoms with Crippen LogP contribution >= 0.6 is 0 Å². The topological polar surface area (TPSA) is 77.2 Å².